The van der Waals surface area contributed by atoms with E-state index in [2.05, 4.69) is 40.6 Å². The molecule has 1 aromatic carbocycles. The number of guanidine groups is 1. The first kappa shape index (κ1) is 21.4. The van der Waals surface area contributed by atoms with Crippen LogP contribution in [0.3, 0.4) is 0 Å². The third-order valence-corrected chi connectivity index (χ3v) is 3.73. The van der Waals surface area contributed by atoms with Gasteiger partial charge in [0, 0.05) is 27.2 Å². The summed E-state index contributed by atoms with van der Waals surface area (Å²) in [5.74, 6) is 3.03. The Balaban J connectivity index is 0.00000441. The van der Waals surface area contributed by atoms with E-state index >= 15 is 0 Å². The maximum Gasteiger partial charge on any atom is 0.193 e. The summed E-state index contributed by atoms with van der Waals surface area (Å²) in [5.41, 5.74) is 1.24. The van der Waals surface area contributed by atoms with Crippen molar-refractivity contribution >= 4 is 41.7 Å². The molecule has 0 amide bonds. The van der Waals surface area contributed by atoms with E-state index in [9.17, 15) is 0 Å². The predicted molar refractivity (Wildman–Crippen MR) is 109 cm³/mol. The van der Waals surface area contributed by atoms with Crippen LogP contribution in [0, 0.1) is 0 Å². The van der Waals surface area contributed by atoms with E-state index in [1.807, 2.05) is 37.9 Å². The van der Waals surface area contributed by atoms with Crippen LogP contribution in [0.15, 0.2) is 29.3 Å². The van der Waals surface area contributed by atoms with Crippen LogP contribution in [0.5, 0.6) is 5.75 Å². The first-order chi connectivity index (χ1) is 10.2. The van der Waals surface area contributed by atoms with Crippen LogP contribution < -0.4 is 10.1 Å². The molecule has 6 heteroatoms. The number of rotatable bonds is 8. The molecule has 0 unspecified atom stereocenters. The number of thioether (sulfide) groups is 1. The average molecular weight is 437 g/mol. The van der Waals surface area contributed by atoms with Gasteiger partial charge in [-0.2, -0.15) is 11.8 Å². The second kappa shape index (κ2) is 12.9. The maximum absolute atomic E-state index is 5.46. The second-order valence-electron chi connectivity index (χ2n) is 4.75. The van der Waals surface area contributed by atoms with Gasteiger partial charge in [-0.25, -0.2) is 0 Å². The topological polar surface area (TPSA) is 36.9 Å². The molecule has 0 saturated carbocycles. The molecule has 126 valence electrons. The zero-order chi connectivity index (χ0) is 15.5. The van der Waals surface area contributed by atoms with Gasteiger partial charge < -0.3 is 15.0 Å². The van der Waals surface area contributed by atoms with Gasteiger partial charge in [-0.3, -0.25) is 4.99 Å². The number of nitrogens with one attached hydrogen (secondary N) is 1. The highest BCUT2D eigenvalue weighted by Gasteiger charge is 2.06. The Hall–Kier alpha value is -0.630. The maximum atomic E-state index is 5.46. The Kier molecular flexibility index (Phi) is 12.5. The molecule has 1 N–H and O–H groups in total. The number of hydrogen-bond acceptors (Lipinski definition) is 3. The van der Waals surface area contributed by atoms with Crippen LogP contribution >= 0.6 is 35.7 Å². The summed E-state index contributed by atoms with van der Waals surface area (Å²) >= 11 is 1.87. The number of nitrogens with zero attached hydrogens (tertiary/aromatic N) is 2. The summed E-state index contributed by atoms with van der Waals surface area (Å²) in [7, 11) is 3.88. The fraction of sp³-hybridized carbons (Fsp3) is 0.562. The van der Waals surface area contributed by atoms with Gasteiger partial charge in [0.05, 0.1) is 6.61 Å². The summed E-state index contributed by atoms with van der Waals surface area (Å²) in [6.07, 6.45) is 3.28. The molecule has 0 heterocycles. The molecule has 4 nitrogen and oxygen atoms in total. The smallest absolute Gasteiger partial charge is 0.193 e. The molecule has 1 rings (SSSR count). The van der Waals surface area contributed by atoms with E-state index in [1.54, 1.807) is 0 Å². The lowest BCUT2D eigenvalue weighted by atomic mass is 10.2. The van der Waals surface area contributed by atoms with Gasteiger partial charge in [0.1, 0.15) is 5.75 Å². The molecule has 22 heavy (non-hydrogen) atoms. The standard InChI is InChI=1S/C16H27N3OS.HI/c1-5-20-15-9-7-14(8-10-15)13-19(3)16(17-2)18-11-6-12-21-4;/h7-10H,5-6,11-13H2,1-4H3,(H,17,18);1H. The van der Waals surface area contributed by atoms with E-state index in [-0.39, 0.29) is 24.0 Å². The molecule has 0 spiro atoms. The quantitative estimate of drug-likeness (QED) is 0.293. The van der Waals surface area contributed by atoms with Crippen LogP contribution in [-0.4, -0.2) is 50.1 Å². The highest BCUT2D eigenvalue weighted by atomic mass is 127. The van der Waals surface area contributed by atoms with Gasteiger partial charge in [-0.15, -0.1) is 24.0 Å². The highest BCUT2D eigenvalue weighted by molar-refractivity contribution is 14.0. The van der Waals surface area contributed by atoms with Crippen molar-refractivity contribution in [2.75, 3.05) is 39.3 Å². The largest absolute Gasteiger partial charge is 0.494 e. The van der Waals surface area contributed by atoms with Gasteiger partial charge in [0.15, 0.2) is 5.96 Å². The van der Waals surface area contributed by atoms with Crippen molar-refractivity contribution in [3.63, 3.8) is 0 Å². The monoisotopic (exact) mass is 437 g/mol. The van der Waals surface area contributed by atoms with E-state index in [1.165, 1.54) is 11.3 Å². The van der Waals surface area contributed by atoms with Gasteiger partial charge >= 0.3 is 0 Å². The lowest BCUT2D eigenvalue weighted by molar-refractivity contribution is 0.340. The lowest BCUT2D eigenvalue weighted by Gasteiger charge is -2.22. The summed E-state index contributed by atoms with van der Waals surface area (Å²) in [5, 5.41) is 3.39. The molecule has 0 atom stereocenters. The Bertz CT molecular complexity index is 426. The molecule has 0 radical (unpaired) electrons. The molecule has 0 aromatic heterocycles. The van der Waals surface area contributed by atoms with Gasteiger partial charge in [-0.1, -0.05) is 12.1 Å². The number of aliphatic imine (C=N–C) groups is 1. The fourth-order valence-electron chi connectivity index (χ4n) is 2.01. The van der Waals surface area contributed by atoms with E-state index in [0.717, 1.165) is 31.2 Å². The molecular weight excluding hydrogens is 409 g/mol. The predicted octanol–water partition coefficient (Wildman–Crippen LogP) is 3.46. The average Bonchev–Trinajstić information content (AvgIpc) is 2.49. The molecule has 0 saturated heterocycles. The van der Waals surface area contributed by atoms with E-state index < -0.39 is 0 Å². The van der Waals surface area contributed by atoms with Crippen LogP contribution in [0.4, 0.5) is 0 Å². The number of halogens is 1. The molecule has 0 aliphatic rings. The van der Waals surface area contributed by atoms with Crippen LogP contribution in [-0.2, 0) is 6.54 Å². The van der Waals surface area contributed by atoms with Crippen LogP contribution in [0.1, 0.15) is 18.9 Å². The Morgan fingerprint density at radius 3 is 2.55 bits per heavy atom. The van der Waals surface area contributed by atoms with Crippen LogP contribution in [0.25, 0.3) is 0 Å². The van der Waals surface area contributed by atoms with Crippen LogP contribution in [0.2, 0.25) is 0 Å². The molecule has 0 aliphatic heterocycles. The summed E-state index contributed by atoms with van der Waals surface area (Å²) in [6, 6.07) is 8.23. The lowest BCUT2D eigenvalue weighted by Crippen LogP contribution is -2.39. The fourth-order valence-corrected chi connectivity index (χ4v) is 2.44. The van der Waals surface area contributed by atoms with Crippen molar-refractivity contribution in [2.45, 2.75) is 19.9 Å². The summed E-state index contributed by atoms with van der Waals surface area (Å²) < 4.78 is 5.46. The minimum absolute atomic E-state index is 0. The third kappa shape index (κ3) is 8.12. The number of hydrogen-bond donors (Lipinski definition) is 1. The number of ether oxygens (including phenoxy) is 1. The first-order valence-electron chi connectivity index (χ1n) is 7.33. The van der Waals surface area contributed by atoms with Crippen molar-refractivity contribution < 1.29 is 4.74 Å². The van der Waals surface area contributed by atoms with Crippen molar-refractivity contribution in [3.05, 3.63) is 29.8 Å². The molecule has 0 aliphatic carbocycles. The Morgan fingerprint density at radius 1 is 1.32 bits per heavy atom. The van der Waals surface area contributed by atoms with Gasteiger partial charge in [0.2, 0.25) is 0 Å². The Labute approximate surface area is 156 Å². The zero-order valence-corrected chi connectivity index (χ0v) is 17.1. The second-order valence-corrected chi connectivity index (χ2v) is 5.74. The van der Waals surface area contributed by atoms with Crippen molar-refractivity contribution in [3.8, 4) is 5.75 Å². The van der Waals surface area contributed by atoms with E-state index in [0.29, 0.717) is 6.61 Å². The highest BCUT2D eigenvalue weighted by Crippen LogP contribution is 2.13. The van der Waals surface area contributed by atoms with Crippen molar-refractivity contribution in [2.24, 2.45) is 4.99 Å². The number of benzene rings is 1. The first-order valence-corrected chi connectivity index (χ1v) is 8.73. The van der Waals surface area contributed by atoms with Gasteiger partial charge in [-0.05, 0) is 43.0 Å². The van der Waals surface area contributed by atoms with Crippen molar-refractivity contribution in [1.82, 2.24) is 10.2 Å². The summed E-state index contributed by atoms with van der Waals surface area (Å²) in [6.45, 7) is 4.48. The van der Waals surface area contributed by atoms with Crippen molar-refractivity contribution in [1.29, 1.82) is 0 Å². The summed E-state index contributed by atoms with van der Waals surface area (Å²) in [4.78, 5) is 6.46. The third-order valence-electron chi connectivity index (χ3n) is 3.04. The normalized spacial score (nSPS) is 10.8. The zero-order valence-electron chi connectivity index (χ0n) is 14.0. The molecular formula is C16H28IN3OS. The van der Waals surface area contributed by atoms with E-state index in [4.69, 9.17) is 4.74 Å². The minimum Gasteiger partial charge on any atom is -0.494 e. The minimum atomic E-state index is 0. The Morgan fingerprint density at radius 2 is 2.00 bits per heavy atom. The SMILES string of the molecule is CCOc1ccc(CN(C)C(=NC)NCCCSC)cc1.I. The molecule has 0 fully saturated rings. The van der Waals surface area contributed by atoms with Gasteiger partial charge in [0.25, 0.3) is 0 Å². The molecule has 0 bridgehead atoms. The molecule has 1 aromatic rings.